The van der Waals surface area contributed by atoms with Crippen LogP contribution >= 0.6 is 0 Å². The van der Waals surface area contributed by atoms with E-state index in [1.165, 1.54) is 5.56 Å². The number of hydrogen-bond donors (Lipinski definition) is 1. The van der Waals surface area contributed by atoms with Gasteiger partial charge in [-0.3, -0.25) is 4.79 Å². The lowest BCUT2D eigenvalue weighted by Gasteiger charge is -2.03. The van der Waals surface area contributed by atoms with Crippen molar-refractivity contribution in [3.8, 4) is 0 Å². The SMILES string of the molecule is CCCc1cc[n+](CC(=O)NCc2ccccc2)cc1. The van der Waals surface area contributed by atoms with Crippen molar-refractivity contribution in [1.29, 1.82) is 0 Å². The van der Waals surface area contributed by atoms with Crippen molar-refractivity contribution in [2.24, 2.45) is 0 Å². The summed E-state index contributed by atoms with van der Waals surface area (Å²) in [5.74, 6) is 0.0297. The Bertz CT molecular complexity index is 535. The third kappa shape index (κ3) is 4.50. The van der Waals surface area contributed by atoms with Crippen molar-refractivity contribution in [3.05, 3.63) is 66.0 Å². The number of nitrogens with one attached hydrogen (secondary N) is 1. The number of carbonyl (C=O) groups excluding carboxylic acids is 1. The van der Waals surface area contributed by atoms with Crippen molar-refractivity contribution in [2.45, 2.75) is 32.9 Å². The van der Waals surface area contributed by atoms with Crippen LogP contribution in [0.15, 0.2) is 54.9 Å². The van der Waals surface area contributed by atoms with Gasteiger partial charge in [-0.25, -0.2) is 0 Å². The van der Waals surface area contributed by atoms with Gasteiger partial charge in [-0.15, -0.1) is 0 Å². The van der Waals surface area contributed by atoms with E-state index in [2.05, 4.69) is 24.4 Å². The average molecular weight is 269 g/mol. The Labute approximate surface area is 120 Å². The lowest BCUT2D eigenvalue weighted by atomic mass is 10.1. The topological polar surface area (TPSA) is 33.0 Å². The third-order valence-electron chi connectivity index (χ3n) is 3.16. The van der Waals surface area contributed by atoms with Gasteiger partial charge < -0.3 is 5.32 Å². The molecule has 0 radical (unpaired) electrons. The molecule has 1 amide bonds. The summed E-state index contributed by atoms with van der Waals surface area (Å²) in [5, 5.41) is 2.93. The second-order valence-corrected chi connectivity index (χ2v) is 4.89. The van der Waals surface area contributed by atoms with Crippen LogP contribution in [0.4, 0.5) is 0 Å². The highest BCUT2D eigenvalue weighted by atomic mass is 16.1. The van der Waals surface area contributed by atoms with Gasteiger partial charge in [0, 0.05) is 18.7 Å². The number of aromatic nitrogens is 1. The molecular weight excluding hydrogens is 248 g/mol. The summed E-state index contributed by atoms with van der Waals surface area (Å²) in [6.45, 7) is 3.10. The molecule has 1 N–H and O–H groups in total. The summed E-state index contributed by atoms with van der Waals surface area (Å²) in [5.41, 5.74) is 2.43. The zero-order valence-electron chi connectivity index (χ0n) is 11.9. The van der Waals surface area contributed by atoms with Gasteiger partial charge in [-0.05, 0) is 17.5 Å². The molecule has 0 aliphatic heterocycles. The van der Waals surface area contributed by atoms with E-state index in [1.54, 1.807) is 0 Å². The van der Waals surface area contributed by atoms with Crippen molar-refractivity contribution < 1.29 is 9.36 Å². The van der Waals surface area contributed by atoms with E-state index in [0.29, 0.717) is 13.1 Å². The molecule has 2 rings (SSSR count). The van der Waals surface area contributed by atoms with Crippen LogP contribution < -0.4 is 9.88 Å². The molecular formula is C17H21N2O+. The summed E-state index contributed by atoms with van der Waals surface area (Å²) in [4.78, 5) is 11.9. The van der Waals surface area contributed by atoms with E-state index in [1.807, 2.05) is 47.3 Å². The quantitative estimate of drug-likeness (QED) is 0.802. The smallest absolute Gasteiger partial charge is 0.286 e. The molecule has 0 saturated heterocycles. The van der Waals surface area contributed by atoms with Gasteiger partial charge in [0.1, 0.15) is 0 Å². The van der Waals surface area contributed by atoms with Crippen molar-refractivity contribution in [1.82, 2.24) is 5.32 Å². The first kappa shape index (κ1) is 14.3. The minimum Gasteiger partial charge on any atom is -0.347 e. The zero-order chi connectivity index (χ0) is 14.2. The molecule has 1 aromatic carbocycles. The fraction of sp³-hybridized carbons (Fsp3) is 0.294. The summed E-state index contributed by atoms with van der Waals surface area (Å²) < 4.78 is 1.90. The summed E-state index contributed by atoms with van der Waals surface area (Å²) >= 11 is 0. The van der Waals surface area contributed by atoms with E-state index < -0.39 is 0 Å². The predicted molar refractivity (Wildman–Crippen MR) is 78.9 cm³/mol. The molecule has 0 saturated carbocycles. The van der Waals surface area contributed by atoms with Crippen LogP contribution in [-0.4, -0.2) is 5.91 Å². The fourth-order valence-corrected chi connectivity index (χ4v) is 2.07. The van der Waals surface area contributed by atoms with Crippen molar-refractivity contribution in [2.75, 3.05) is 0 Å². The zero-order valence-corrected chi connectivity index (χ0v) is 11.9. The van der Waals surface area contributed by atoms with Crippen molar-refractivity contribution in [3.63, 3.8) is 0 Å². The van der Waals surface area contributed by atoms with E-state index in [-0.39, 0.29) is 5.91 Å². The van der Waals surface area contributed by atoms with Gasteiger partial charge in [-0.1, -0.05) is 43.7 Å². The third-order valence-corrected chi connectivity index (χ3v) is 3.16. The number of amides is 1. The number of carbonyl (C=O) groups is 1. The Morgan fingerprint density at radius 3 is 2.40 bits per heavy atom. The molecule has 104 valence electrons. The molecule has 1 heterocycles. The number of aryl methyl sites for hydroxylation is 1. The average Bonchev–Trinajstić information content (AvgIpc) is 2.49. The van der Waals surface area contributed by atoms with Crippen LogP contribution in [0.1, 0.15) is 24.5 Å². The molecule has 0 aliphatic rings. The Balaban J connectivity index is 1.82. The van der Waals surface area contributed by atoms with Gasteiger partial charge in [0.2, 0.25) is 6.54 Å². The summed E-state index contributed by atoms with van der Waals surface area (Å²) in [6.07, 6.45) is 6.16. The van der Waals surface area contributed by atoms with E-state index >= 15 is 0 Å². The summed E-state index contributed by atoms with van der Waals surface area (Å²) in [7, 11) is 0. The highest BCUT2D eigenvalue weighted by Gasteiger charge is 2.08. The first-order chi connectivity index (χ1) is 9.78. The maximum absolute atomic E-state index is 11.9. The minimum atomic E-state index is 0.0297. The largest absolute Gasteiger partial charge is 0.347 e. The molecule has 0 unspecified atom stereocenters. The lowest BCUT2D eigenvalue weighted by molar-refractivity contribution is -0.684. The Kier molecular flexibility index (Phi) is 5.30. The number of rotatable bonds is 6. The molecule has 0 fully saturated rings. The lowest BCUT2D eigenvalue weighted by Crippen LogP contribution is -2.42. The van der Waals surface area contributed by atoms with Gasteiger partial charge >= 0.3 is 0 Å². The van der Waals surface area contributed by atoms with Crippen LogP contribution in [0.3, 0.4) is 0 Å². The Morgan fingerprint density at radius 1 is 1.05 bits per heavy atom. The van der Waals surface area contributed by atoms with Crippen LogP contribution in [0.5, 0.6) is 0 Å². The number of benzene rings is 1. The maximum Gasteiger partial charge on any atom is 0.286 e. The first-order valence-corrected chi connectivity index (χ1v) is 7.06. The standard InChI is InChI=1S/C17H20N2O/c1-2-6-15-9-11-19(12-10-15)14-17(20)18-13-16-7-4-3-5-8-16/h3-5,7-12H,2,6,13-14H2,1H3/p+1. The fourth-order valence-electron chi connectivity index (χ4n) is 2.07. The molecule has 0 spiro atoms. The minimum absolute atomic E-state index is 0.0297. The van der Waals surface area contributed by atoms with E-state index in [9.17, 15) is 4.79 Å². The predicted octanol–water partition coefficient (Wildman–Crippen LogP) is 2.24. The van der Waals surface area contributed by atoms with Gasteiger partial charge in [-0.2, -0.15) is 4.57 Å². The first-order valence-electron chi connectivity index (χ1n) is 7.06. The highest BCUT2D eigenvalue weighted by Crippen LogP contribution is 1.99. The number of pyridine rings is 1. The molecule has 20 heavy (non-hydrogen) atoms. The highest BCUT2D eigenvalue weighted by molar-refractivity contribution is 5.74. The molecule has 0 aliphatic carbocycles. The summed E-state index contributed by atoms with van der Waals surface area (Å²) in [6, 6.07) is 14.1. The second kappa shape index (κ2) is 7.43. The normalized spacial score (nSPS) is 10.2. The van der Waals surface area contributed by atoms with Crippen LogP contribution in [0, 0.1) is 0 Å². The van der Waals surface area contributed by atoms with Crippen LogP contribution in [0.2, 0.25) is 0 Å². The number of hydrogen-bond acceptors (Lipinski definition) is 1. The van der Waals surface area contributed by atoms with E-state index in [4.69, 9.17) is 0 Å². The molecule has 0 atom stereocenters. The molecule has 0 bridgehead atoms. The van der Waals surface area contributed by atoms with Gasteiger partial charge in [0.25, 0.3) is 5.91 Å². The molecule has 2 aromatic rings. The van der Waals surface area contributed by atoms with E-state index in [0.717, 1.165) is 18.4 Å². The molecule has 3 heteroatoms. The Hall–Kier alpha value is -2.16. The van der Waals surface area contributed by atoms with Crippen LogP contribution in [-0.2, 0) is 24.3 Å². The van der Waals surface area contributed by atoms with Crippen molar-refractivity contribution >= 4 is 5.91 Å². The Morgan fingerprint density at radius 2 is 1.75 bits per heavy atom. The molecule has 3 nitrogen and oxygen atoms in total. The van der Waals surface area contributed by atoms with Gasteiger partial charge in [0.05, 0.1) is 0 Å². The monoisotopic (exact) mass is 269 g/mol. The maximum atomic E-state index is 11.9. The number of nitrogens with zero attached hydrogens (tertiary/aromatic N) is 1. The molecule has 1 aromatic heterocycles. The second-order valence-electron chi connectivity index (χ2n) is 4.89. The van der Waals surface area contributed by atoms with Crippen LogP contribution in [0.25, 0.3) is 0 Å². The van der Waals surface area contributed by atoms with Gasteiger partial charge in [0.15, 0.2) is 12.4 Å².